The van der Waals surface area contributed by atoms with Crippen LogP contribution < -0.4 is 10.3 Å². The summed E-state index contributed by atoms with van der Waals surface area (Å²) < 4.78 is 21.3. The van der Waals surface area contributed by atoms with Crippen molar-refractivity contribution in [3.05, 3.63) is 85.0 Å². The second-order valence-corrected chi connectivity index (χ2v) is 7.25. The predicted molar refractivity (Wildman–Crippen MR) is 109 cm³/mol. The monoisotopic (exact) mass is 468 g/mol. The van der Waals surface area contributed by atoms with Gasteiger partial charge >= 0.3 is 0 Å². The Bertz CT molecular complexity index is 1230. The maximum absolute atomic E-state index is 15.4. The summed E-state index contributed by atoms with van der Waals surface area (Å²) in [4.78, 5) is 11.6. The minimum absolute atomic E-state index is 0.103. The number of H-pyrrole nitrogens is 1. The fraction of sp³-hybridized carbons (Fsp3) is 0.143. The molecule has 0 saturated carbocycles. The fourth-order valence-electron chi connectivity index (χ4n) is 2.87. The van der Waals surface area contributed by atoms with Crippen LogP contribution in [0.15, 0.2) is 45.7 Å². The smallest absolute Gasteiger partial charge is 0.267 e. The Hall–Kier alpha value is -3.53. The molecular weight excluding hydrogens is 455 g/mol. The lowest BCUT2D eigenvalue weighted by Gasteiger charge is -2.18. The highest BCUT2D eigenvalue weighted by Gasteiger charge is 2.24. The molecular formula is C21H14BrFN4O3. The summed E-state index contributed by atoms with van der Waals surface area (Å²) in [6, 6.07) is 12.5. The Kier molecular flexibility index (Phi) is 6.26. The summed E-state index contributed by atoms with van der Waals surface area (Å²) in [6.07, 6.45) is 0. The van der Waals surface area contributed by atoms with Gasteiger partial charge in [0.25, 0.3) is 5.56 Å². The first-order valence-corrected chi connectivity index (χ1v) is 9.45. The van der Waals surface area contributed by atoms with Gasteiger partial charge in [0.15, 0.2) is 11.6 Å². The van der Waals surface area contributed by atoms with E-state index in [1.54, 1.807) is 13.0 Å². The highest BCUT2D eigenvalue weighted by Crippen LogP contribution is 2.38. The maximum Gasteiger partial charge on any atom is 0.267 e. The van der Waals surface area contributed by atoms with Crippen LogP contribution in [0.2, 0.25) is 0 Å². The highest BCUT2D eigenvalue weighted by atomic mass is 79.9. The molecule has 0 fully saturated rings. The molecule has 150 valence electrons. The molecule has 0 radical (unpaired) electrons. The van der Waals surface area contributed by atoms with Crippen molar-refractivity contribution in [1.82, 2.24) is 10.2 Å². The van der Waals surface area contributed by atoms with Crippen LogP contribution in [0.4, 0.5) is 4.39 Å². The molecule has 2 N–H and O–H groups in total. The number of halogens is 2. The van der Waals surface area contributed by atoms with E-state index in [9.17, 15) is 9.90 Å². The third-order valence-corrected chi connectivity index (χ3v) is 5.01. The van der Waals surface area contributed by atoms with Gasteiger partial charge in [0.2, 0.25) is 0 Å². The highest BCUT2D eigenvalue weighted by molar-refractivity contribution is 9.10. The summed E-state index contributed by atoms with van der Waals surface area (Å²) in [5, 5.41) is 34.4. The van der Waals surface area contributed by atoms with Crippen LogP contribution in [0.1, 0.15) is 33.9 Å². The number of aromatic amines is 1. The molecule has 1 unspecified atom stereocenters. The van der Waals surface area contributed by atoms with Gasteiger partial charge in [0.1, 0.15) is 5.75 Å². The first-order chi connectivity index (χ1) is 14.4. The van der Waals surface area contributed by atoms with E-state index in [4.69, 9.17) is 15.3 Å². The van der Waals surface area contributed by atoms with Crippen molar-refractivity contribution in [2.75, 3.05) is 6.61 Å². The zero-order valence-corrected chi connectivity index (χ0v) is 17.2. The Morgan fingerprint density at radius 2 is 1.90 bits per heavy atom. The van der Waals surface area contributed by atoms with Crippen LogP contribution in [0, 0.1) is 35.4 Å². The molecule has 0 saturated heterocycles. The van der Waals surface area contributed by atoms with Crippen molar-refractivity contribution in [2.45, 2.75) is 12.8 Å². The van der Waals surface area contributed by atoms with Crippen molar-refractivity contribution in [1.29, 1.82) is 10.5 Å². The third kappa shape index (κ3) is 4.23. The molecule has 0 aliphatic carbocycles. The normalized spacial score (nSPS) is 11.4. The number of nitrogens with zero attached hydrogens (tertiary/aromatic N) is 3. The second-order valence-electron chi connectivity index (χ2n) is 6.39. The van der Waals surface area contributed by atoms with Crippen molar-refractivity contribution >= 4 is 15.9 Å². The van der Waals surface area contributed by atoms with Crippen LogP contribution in [0.5, 0.6) is 11.5 Å². The number of benzene rings is 2. The van der Waals surface area contributed by atoms with Gasteiger partial charge in [0, 0.05) is 11.1 Å². The Labute approximate surface area is 179 Å². The minimum atomic E-state index is -0.851. The maximum atomic E-state index is 15.4. The van der Waals surface area contributed by atoms with Crippen LogP contribution in [0.25, 0.3) is 0 Å². The van der Waals surface area contributed by atoms with Crippen LogP contribution in [-0.4, -0.2) is 21.9 Å². The van der Waals surface area contributed by atoms with E-state index >= 15 is 4.39 Å². The van der Waals surface area contributed by atoms with Gasteiger partial charge in [-0.3, -0.25) is 4.79 Å². The predicted octanol–water partition coefficient (Wildman–Crippen LogP) is 3.64. The average molecular weight is 469 g/mol. The molecule has 3 rings (SSSR count). The first kappa shape index (κ1) is 21.2. The van der Waals surface area contributed by atoms with Gasteiger partial charge in [-0.1, -0.05) is 6.07 Å². The number of aliphatic hydroxyl groups is 1. The van der Waals surface area contributed by atoms with Crippen molar-refractivity contribution in [3.63, 3.8) is 0 Å². The van der Waals surface area contributed by atoms with Crippen LogP contribution >= 0.6 is 15.9 Å². The molecule has 0 amide bonds. The molecule has 30 heavy (non-hydrogen) atoms. The molecule has 7 nitrogen and oxygen atoms in total. The van der Waals surface area contributed by atoms with Gasteiger partial charge in [-0.05, 0) is 53.2 Å². The lowest BCUT2D eigenvalue weighted by Crippen LogP contribution is -2.17. The molecule has 1 heterocycles. The van der Waals surface area contributed by atoms with Crippen molar-refractivity contribution < 1.29 is 14.2 Å². The molecule has 9 heteroatoms. The van der Waals surface area contributed by atoms with Gasteiger partial charge < -0.3 is 9.84 Å². The van der Waals surface area contributed by atoms with E-state index in [1.165, 1.54) is 30.3 Å². The van der Waals surface area contributed by atoms with Gasteiger partial charge in [-0.2, -0.15) is 15.6 Å². The van der Waals surface area contributed by atoms with Crippen LogP contribution in [0.3, 0.4) is 0 Å². The topological polar surface area (TPSA) is 123 Å². The number of nitriles is 2. The largest absolute Gasteiger partial charge is 0.453 e. The van der Waals surface area contributed by atoms with E-state index in [-0.39, 0.29) is 33.7 Å². The summed E-state index contributed by atoms with van der Waals surface area (Å²) in [7, 11) is 0. The number of aryl methyl sites for hydroxylation is 1. The molecule has 0 bridgehead atoms. The standard InChI is InChI=1S/C21H14BrFN4O3/c1-11-4-18(26-27-21(11)29)16(10-28)15-2-3-17(22)20(19(15)23)30-14-6-12(8-24)5-13(7-14)9-25/h2-7,16,28H,10H2,1H3,(H,27,29). The van der Waals surface area contributed by atoms with E-state index in [2.05, 4.69) is 26.1 Å². The van der Waals surface area contributed by atoms with E-state index < -0.39 is 18.3 Å². The third-order valence-electron chi connectivity index (χ3n) is 4.39. The molecule has 0 spiro atoms. The van der Waals surface area contributed by atoms with E-state index in [0.29, 0.717) is 15.7 Å². The molecule has 0 aliphatic heterocycles. The molecule has 2 aromatic carbocycles. The number of rotatable bonds is 5. The Morgan fingerprint density at radius 1 is 1.23 bits per heavy atom. The lowest BCUT2D eigenvalue weighted by atomic mass is 9.95. The van der Waals surface area contributed by atoms with Crippen molar-refractivity contribution in [3.8, 4) is 23.6 Å². The zero-order valence-electron chi connectivity index (χ0n) is 15.6. The summed E-state index contributed by atoms with van der Waals surface area (Å²) in [6.45, 7) is 1.12. The first-order valence-electron chi connectivity index (χ1n) is 8.66. The number of hydrogen-bond donors (Lipinski definition) is 2. The number of aromatic nitrogens is 2. The van der Waals surface area contributed by atoms with Crippen LogP contribution in [-0.2, 0) is 0 Å². The Morgan fingerprint density at radius 3 is 2.47 bits per heavy atom. The average Bonchev–Trinajstić information content (AvgIpc) is 2.75. The molecule has 1 atom stereocenters. The quantitative estimate of drug-likeness (QED) is 0.588. The fourth-order valence-corrected chi connectivity index (χ4v) is 3.26. The summed E-state index contributed by atoms with van der Waals surface area (Å²) in [5.74, 6) is -1.67. The van der Waals surface area contributed by atoms with Gasteiger partial charge in [-0.15, -0.1) is 0 Å². The van der Waals surface area contributed by atoms with Crippen molar-refractivity contribution in [2.24, 2.45) is 0 Å². The number of nitrogens with one attached hydrogen (secondary N) is 1. The van der Waals surface area contributed by atoms with E-state index in [0.717, 1.165) is 0 Å². The Balaban J connectivity index is 2.07. The second kappa shape index (κ2) is 8.87. The lowest BCUT2D eigenvalue weighted by molar-refractivity contribution is 0.275. The SMILES string of the molecule is Cc1cc(C(CO)c2ccc(Br)c(Oc3cc(C#N)cc(C#N)c3)c2F)n[nH]c1=O. The number of hydrogen-bond acceptors (Lipinski definition) is 6. The zero-order chi connectivity index (χ0) is 21.8. The minimum Gasteiger partial charge on any atom is -0.453 e. The molecule has 0 aliphatic rings. The number of ether oxygens (including phenoxy) is 1. The molecule has 3 aromatic rings. The number of aliphatic hydroxyl groups excluding tert-OH is 1. The van der Waals surface area contributed by atoms with E-state index in [1.807, 2.05) is 12.1 Å². The summed E-state index contributed by atoms with van der Waals surface area (Å²) in [5.41, 5.74) is 0.786. The summed E-state index contributed by atoms with van der Waals surface area (Å²) >= 11 is 3.24. The molecule has 1 aromatic heterocycles. The van der Waals surface area contributed by atoms with Gasteiger partial charge in [-0.25, -0.2) is 9.49 Å². The van der Waals surface area contributed by atoms with Gasteiger partial charge in [0.05, 0.1) is 46.0 Å².